The van der Waals surface area contributed by atoms with Crippen LogP contribution in [0.25, 0.3) is 0 Å². The highest BCUT2D eigenvalue weighted by atomic mass is 16.5. The van der Waals surface area contributed by atoms with Gasteiger partial charge in [-0.15, -0.1) is 0 Å². The third kappa shape index (κ3) is 7.41. The van der Waals surface area contributed by atoms with Gasteiger partial charge in [-0.05, 0) is 6.92 Å². The van der Waals surface area contributed by atoms with E-state index in [-0.39, 0.29) is 0 Å². The zero-order valence-electron chi connectivity index (χ0n) is 6.35. The van der Waals surface area contributed by atoms with E-state index in [1.807, 2.05) is 31.7 Å². The predicted molar refractivity (Wildman–Crippen MR) is 38.2 cm³/mol. The molecule has 0 N–H and O–H groups in total. The lowest BCUT2D eigenvalue weighted by Gasteiger charge is -1.87. The van der Waals surface area contributed by atoms with Crippen molar-refractivity contribution in [2.24, 2.45) is 0 Å². The van der Waals surface area contributed by atoms with Gasteiger partial charge in [0.1, 0.15) is 14.1 Å². The number of rotatable bonds is 3. The summed E-state index contributed by atoms with van der Waals surface area (Å²) in [5.74, 6) is 2.96. The van der Waals surface area contributed by atoms with Crippen molar-refractivity contribution in [3.05, 3.63) is 6.08 Å². The van der Waals surface area contributed by atoms with Gasteiger partial charge in [-0.2, -0.15) is 4.58 Å². The van der Waals surface area contributed by atoms with Gasteiger partial charge in [0, 0.05) is 12.7 Å². The molecule has 0 aliphatic heterocycles. The Labute approximate surface area is 56.5 Å². The maximum absolute atomic E-state index is 5.04. The molecule has 0 spiro atoms. The van der Waals surface area contributed by atoms with Gasteiger partial charge in [0.05, 0.1) is 6.61 Å². The summed E-state index contributed by atoms with van der Waals surface area (Å²) in [5.41, 5.74) is 0. The minimum atomic E-state index is 0.661. The number of nitrogens with zero attached hydrogens (tertiary/aromatic N) is 1. The van der Waals surface area contributed by atoms with Crippen molar-refractivity contribution in [3.8, 4) is 0 Å². The highest BCUT2D eigenvalue weighted by Crippen LogP contribution is 1.69. The average molecular weight is 128 g/mol. The van der Waals surface area contributed by atoms with E-state index in [1.165, 1.54) is 0 Å². The second-order valence-corrected chi connectivity index (χ2v) is 1.89. The standard InChI is InChI=1S/C7H14NO/c1-4-9-7-5-6-8(2)3/h5H,4,7H2,1-3H3/q+1. The summed E-state index contributed by atoms with van der Waals surface area (Å²) in [6.45, 7) is 3.41. The first-order valence-electron chi connectivity index (χ1n) is 3.10. The molecule has 0 aromatic carbocycles. The molecule has 52 valence electrons. The highest BCUT2D eigenvalue weighted by Gasteiger charge is 1.76. The fourth-order valence-electron chi connectivity index (χ4n) is 0.397. The largest absolute Gasteiger partial charge is 0.377 e. The lowest BCUT2D eigenvalue weighted by atomic mass is 10.6. The topological polar surface area (TPSA) is 12.2 Å². The Kier molecular flexibility index (Phi) is 5.18. The summed E-state index contributed by atoms with van der Waals surface area (Å²) < 4.78 is 6.90. The first-order chi connectivity index (χ1) is 4.27. The Balaban J connectivity index is 3.36. The maximum Gasteiger partial charge on any atom is 0.164 e. The summed E-state index contributed by atoms with van der Waals surface area (Å²) in [6, 6.07) is 0. The smallest absolute Gasteiger partial charge is 0.164 e. The summed E-state index contributed by atoms with van der Waals surface area (Å²) >= 11 is 0. The Morgan fingerprint density at radius 1 is 1.56 bits per heavy atom. The molecule has 0 rings (SSSR count). The SMILES string of the molecule is CCOCC=C=[N+](C)C. The van der Waals surface area contributed by atoms with Crippen molar-refractivity contribution >= 4 is 5.87 Å². The van der Waals surface area contributed by atoms with Crippen molar-refractivity contribution in [3.63, 3.8) is 0 Å². The van der Waals surface area contributed by atoms with E-state index in [0.717, 1.165) is 6.61 Å². The molecule has 2 nitrogen and oxygen atoms in total. The molecule has 0 unspecified atom stereocenters. The second-order valence-electron chi connectivity index (χ2n) is 1.89. The van der Waals surface area contributed by atoms with Crippen LogP contribution in [-0.2, 0) is 4.74 Å². The molecule has 0 aliphatic carbocycles. The van der Waals surface area contributed by atoms with Gasteiger partial charge < -0.3 is 4.74 Å². The van der Waals surface area contributed by atoms with Crippen molar-refractivity contribution in [2.45, 2.75) is 6.92 Å². The number of hydrogen-bond acceptors (Lipinski definition) is 1. The van der Waals surface area contributed by atoms with Crippen LogP contribution in [0.1, 0.15) is 6.92 Å². The van der Waals surface area contributed by atoms with E-state index in [9.17, 15) is 0 Å². The van der Waals surface area contributed by atoms with Gasteiger partial charge in [0.2, 0.25) is 0 Å². The minimum Gasteiger partial charge on any atom is -0.377 e. The number of hydrogen-bond donors (Lipinski definition) is 0. The van der Waals surface area contributed by atoms with Crippen LogP contribution in [0, 0.1) is 0 Å². The molecule has 0 aromatic rings. The highest BCUT2D eigenvalue weighted by molar-refractivity contribution is 5.45. The maximum atomic E-state index is 5.04. The van der Waals surface area contributed by atoms with Crippen molar-refractivity contribution < 1.29 is 9.31 Å². The average Bonchev–Trinajstić information content (AvgIpc) is 1.80. The lowest BCUT2D eigenvalue weighted by Crippen LogP contribution is -1.94. The van der Waals surface area contributed by atoms with Crippen LogP contribution in [0.2, 0.25) is 0 Å². The molecule has 0 amide bonds. The summed E-state index contributed by atoms with van der Waals surface area (Å²) in [6.07, 6.45) is 1.86. The van der Waals surface area contributed by atoms with Crippen LogP contribution in [0.15, 0.2) is 6.08 Å². The molecule has 0 bridgehead atoms. The predicted octanol–water partition coefficient (Wildman–Crippen LogP) is 0.521. The first-order valence-corrected chi connectivity index (χ1v) is 3.10. The van der Waals surface area contributed by atoms with Gasteiger partial charge in [-0.3, -0.25) is 0 Å². The van der Waals surface area contributed by atoms with Crippen LogP contribution in [0.3, 0.4) is 0 Å². The van der Waals surface area contributed by atoms with E-state index in [1.54, 1.807) is 0 Å². The molecule has 0 radical (unpaired) electrons. The van der Waals surface area contributed by atoms with Gasteiger partial charge in [-0.1, -0.05) is 0 Å². The van der Waals surface area contributed by atoms with Gasteiger partial charge in [-0.25, -0.2) is 0 Å². The van der Waals surface area contributed by atoms with E-state index in [0.29, 0.717) is 6.61 Å². The molecule has 0 saturated carbocycles. The Morgan fingerprint density at radius 2 is 2.22 bits per heavy atom. The fraction of sp³-hybridized carbons (Fsp3) is 0.714. The third-order valence-electron chi connectivity index (χ3n) is 0.755. The van der Waals surface area contributed by atoms with Gasteiger partial charge >= 0.3 is 0 Å². The molecule has 0 fully saturated rings. The fourth-order valence-corrected chi connectivity index (χ4v) is 0.397. The van der Waals surface area contributed by atoms with Crippen LogP contribution in [0.4, 0.5) is 0 Å². The molecule has 0 atom stereocenters. The molecular formula is C7H14NO+. The molecule has 0 saturated heterocycles. The van der Waals surface area contributed by atoms with Crippen LogP contribution in [0.5, 0.6) is 0 Å². The molecule has 0 aliphatic rings. The van der Waals surface area contributed by atoms with E-state index in [2.05, 4.69) is 5.87 Å². The molecule has 0 heterocycles. The normalized spacial score (nSPS) is 8.33. The van der Waals surface area contributed by atoms with Gasteiger partial charge in [0.15, 0.2) is 5.87 Å². The molecular weight excluding hydrogens is 114 g/mol. The van der Waals surface area contributed by atoms with Crippen molar-refractivity contribution in [1.29, 1.82) is 0 Å². The Hall–Kier alpha value is -0.590. The zero-order chi connectivity index (χ0) is 7.11. The Morgan fingerprint density at radius 3 is 2.67 bits per heavy atom. The van der Waals surface area contributed by atoms with Gasteiger partial charge in [0.25, 0.3) is 0 Å². The molecule has 2 heteroatoms. The summed E-state index contributed by atoms with van der Waals surface area (Å²) in [4.78, 5) is 0. The lowest BCUT2D eigenvalue weighted by molar-refractivity contribution is -0.456. The van der Waals surface area contributed by atoms with E-state index < -0.39 is 0 Å². The minimum absolute atomic E-state index is 0.661. The molecule has 0 aromatic heterocycles. The first kappa shape index (κ1) is 8.41. The zero-order valence-corrected chi connectivity index (χ0v) is 6.35. The van der Waals surface area contributed by atoms with Crippen LogP contribution in [-0.4, -0.2) is 37.8 Å². The van der Waals surface area contributed by atoms with E-state index in [4.69, 9.17) is 4.74 Å². The van der Waals surface area contributed by atoms with Crippen LogP contribution >= 0.6 is 0 Å². The van der Waals surface area contributed by atoms with E-state index >= 15 is 0 Å². The second kappa shape index (κ2) is 5.54. The monoisotopic (exact) mass is 128 g/mol. The number of ether oxygens (including phenoxy) is 1. The Bertz CT molecular complexity index is 119. The quantitative estimate of drug-likeness (QED) is 0.306. The van der Waals surface area contributed by atoms with Crippen molar-refractivity contribution in [2.75, 3.05) is 27.3 Å². The summed E-state index contributed by atoms with van der Waals surface area (Å²) in [5, 5.41) is 0. The van der Waals surface area contributed by atoms with Crippen LogP contribution < -0.4 is 0 Å². The summed E-state index contributed by atoms with van der Waals surface area (Å²) in [7, 11) is 3.87. The van der Waals surface area contributed by atoms with Crippen molar-refractivity contribution in [1.82, 2.24) is 0 Å². The third-order valence-corrected chi connectivity index (χ3v) is 0.755. The molecule has 9 heavy (non-hydrogen) atoms.